The molecule has 0 radical (unpaired) electrons. The quantitative estimate of drug-likeness (QED) is 0.682. The highest BCUT2D eigenvalue weighted by Gasteiger charge is 2.19. The average molecular weight is 371 g/mol. The van der Waals surface area contributed by atoms with E-state index in [9.17, 15) is 4.79 Å². The van der Waals surface area contributed by atoms with Crippen LogP contribution in [0, 0.1) is 0 Å². The second-order valence-electron chi connectivity index (χ2n) is 6.23. The van der Waals surface area contributed by atoms with E-state index in [1.54, 1.807) is 29.3 Å². The Hall–Kier alpha value is -2.45. The molecule has 0 amide bonds. The molecule has 0 aliphatic carbocycles. The number of methoxy groups -OCH3 is 1. The number of rotatable bonds is 5. The third kappa shape index (κ3) is 3.30. The summed E-state index contributed by atoms with van der Waals surface area (Å²) >= 11 is 1.68. The van der Waals surface area contributed by atoms with Crippen LogP contribution in [0.5, 0.6) is 0 Å². The molecule has 8 heteroatoms. The van der Waals surface area contributed by atoms with Crippen molar-refractivity contribution < 1.29 is 4.74 Å². The Kier molecular flexibility index (Phi) is 4.85. The maximum atomic E-state index is 12.5. The van der Waals surface area contributed by atoms with Gasteiger partial charge in [-0.3, -0.25) is 9.36 Å². The molecule has 26 heavy (non-hydrogen) atoms. The highest BCUT2D eigenvalue weighted by molar-refractivity contribution is 7.13. The Bertz CT molecular complexity index is 932. The second-order valence-corrected chi connectivity index (χ2v) is 7.10. The molecule has 0 N–H and O–H groups in total. The second kappa shape index (κ2) is 7.43. The van der Waals surface area contributed by atoms with Gasteiger partial charge in [-0.05, 0) is 18.2 Å². The van der Waals surface area contributed by atoms with Crippen LogP contribution < -0.4 is 15.4 Å². The molecule has 0 atom stereocenters. The zero-order chi connectivity index (χ0) is 17.9. The summed E-state index contributed by atoms with van der Waals surface area (Å²) in [6.07, 6.45) is 3.45. The van der Waals surface area contributed by atoms with Crippen molar-refractivity contribution in [3.8, 4) is 0 Å². The summed E-state index contributed by atoms with van der Waals surface area (Å²) in [6.45, 7) is 4.74. The summed E-state index contributed by atoms with van der Waals surface area (Å²) in [5.41, 5.74) is 1.83. The molecule has 1 saturated heterocycles. The monoisotopic (exact) mass is 371 g/mol. The fourth-order valence-corrected chi connectivity index (χ4v) is 3.92. The van der Waals surface area contributed by atoms with E-state index in [4.69, 9.17) is 4.74 Å². The third-order valence-electron chi connectivity index (χ3n) is 4.68. The molecule has 0 unspecified atom stereocenters. The van der Waals surface area contributed by atoms with Gasteiger partial charge >= 0.3 is 0 Å². The van der Waals surface area contributed by atoms with Crippen LogP contribution in [-0.4, -0.2) is 54.4 Å². The van der Waals surface area contributed by atoms with Crippen LogP contribution >= 0.6 is 11.3 Å². The van der Waals surface area contributed by atoms with E-state index < -0.39 is 0 Å². The van der Waals surface area contributed by atoms with Gasteiger partial charge in [0.1, 0.15) is 0 Å². The molecule has 1 fully saturated rings. The van der Waals surface area contributed by atoms with E-state index >= 15 is 0 Å². The van der Waals surface area contributed by atoms with Crippen molar-refractivity contribution >= 4 is 33.1 Å². The normalized spacial score (nSPS) is 15.0. The van der Waals surface area contributed by atoms with Gasteiger partial charge in [0.2, 0.25) is 0 Å². The van der Waals surface area contributed by atoms with E-state index in [0.29, 0.717) is 18.5 Å². The van der Waals surface area contributed by atoms with Gasteiger partial charge in [-0.2, -0.15) is 0 Å². The maximum Gasteiger partial charge on any atom is 0.261 e. The highest BCUT2D eigenvalue weighted by Crippen LogP contribution is 2.23. The molecule has 7 nitrogen and oxygen atoms in total. The summed E-state index contributed by atoms with van der Waals surface area (Å²) in [4.78, 5) is 26.0. The number of piperazine rings is 1. The molecule has 0 bridgehead atoms. The zero-order valence-corrected chi connectivity index (χ0v) is 15.5. The van der Waals surface area contributed by atoms with Gasteiger partial charge in [-0.15, -0.1) is 11.3 Å². The van der Waals surface area contributed by atoms with Crippen molar-refractivity contribution in [1.29, 1.82) is 0 Å². The fraction of sp³-hybridized carbons (Fsp3) is 0.389. The summed E-state index contributed by atoms with van der Waals surface area (Å²) in [6, 6.07) is 5.91. The minimum absolute atomic E-state index is 0.0211. The van der Waals surface area contributed by atoms with Gasteiger partial charge in [-0.1, -0.05) is 0 Å². The van der Waals surface area contributed by atoms with Crippen LogP contribution in [0.25, 0.3) is 10.9 Å². The van der Waals surface area contributed by atoms with Gasteiger partial charge in [0, 0.05) is 50.6 Å². The minimum atomic E-state index is -0.0211. The van der Waals surface area contributed by atoms with E-state index in [-0.39, 0.29) is 5.56 Å². The van der Waals surface area contributed by atoms with Crippen molar-refractivity contribution in [3.63, 3.8) is 0 Å². The number of aromatic nitrogens is 3. The molecule has 136 valence electrons. The number of benzene rings is 1. The first-order valence-corrected chi connectivity index (χ1v) is 9.52. The number of hydrogen-bond donors (Lipinski definition) is 0. The van der Waals surface area contributed by atoms with Crippen molar-refractivity contribution in [2.75, 3.05) is 49.7 Å². The highest BCUT2D eigenvalue weighted by atomic mass is 32.1. The molecular formula is C18H21N5O2S. The van der Waals surface area contributed by atoms with Crippen molar-refractivity contribution in [2.45, 2.75) is 6.54 Å². The molecule has 4 rings (SSSR count). The van der Waals surface area contributed by atoms with Crippen LogP contribution in [0.1, 0.15) is 0 Å². The summed E-state index contributed by atoms with van der Waals surface area (Å²) in [7, 11) is 1.63. The number of nitrogens with zero attached hydrogens (tertiary/aromatic N) is 5. The molecule has 0 spiro atoms. The van der Waals surface area contributed by atoms with Crippen LogP contribution in [-0.2, 0) is 11.3 Å². The molecule has 0 saturated carbocycles. The molecular weight excluding hydrogens is 350 g/mol. The van der Waals surface area contributed by atoms with E-state index in [1.165, 1.54) is 0 Å². The van der Waals surface area contributed by atoms with Gasteiger partial charge < -0.3 is 14.5 Å². The Morgan fingerprint density at radius 2 is 1.96 bits per heavy atom. The lowest BCUT2D eigenvalue weighted by molar-refractivity contribution is 0.186. The number of hydrogen-bond acceptors (Lipinski definition) is 7. The summed E-state index contributed by atoms with van der Waals surface area (Å²) in [5.74, 6) is 0. The Morgan fingerprint density at radius 1 is 1.15 bits per heavy atom. The molecule has 1 aliphatic rings. The third-order valence-corrected chi connectivity index (χ3v) is 5.51. The topological polar surface area (TPSA) is 63.5 Å². The summed E-state index contributed by atoms with van der Waals surface area (Å²) in [5, 5.41) is 3.74. The molecule has 1 aliphatic heterocycles. The molecule has 3 heterocycles. The smallest absolute Gasteiger partial charge is 0.261 e. The first-order valence-electron chi connectivity index (χ1n) is 8.64. The summed E-state index contributed by atoms with van der Waals surface area (Å²) < 4.78 is 6.64. The Labute approximate surface area is 155 Å². The van der Waals surface area contributed by atoms with Gasteiger partial charge in [0.15, 0.2) is 5.13 Å². The number of ether oxygens (including phenoxy) is 1. The number of anilines is 2. The van der Waals surface area contributed by atoms with Crippen molar-refractivity contribution in [3.05, 3.63) is 46.5 Å². The molecule has 3 aromatic rings. The van der Waals surface area contributed by atoms with Crippen LogP contribution in [0.2, 0.25) is 0 Å². The standard InChI is InChI=1S/C18H21N5O2S/c1-25-10-9-23-13-20-16-12-14(2-3-15(16)17(23)24)21-5-7-22(8-6-21)18-19-4-11-26-18/h2-4,11-13H,5-10H2,1H3. The number of fused-ring (bicyclic) bond motifs is 1. The predicted octanol–water partition coefficient (Wildman–Crippen LogP) is 1.83. The lowest BCUT2D eigenvalue weighted by Crippen LogP contribution is -2.46. The molecule has 1 aromatic carbocycles. The average Bonchev–Trinajstić information content (AvgIpc) is 3.22. The van der Waals surface area contributed by atoms with E-state index in [2.05, 4.69) is 19.8 Å². The first-order chi connectivity index (χ1) is 12.8. The van der Waals surface area contributed by atoms with Gasteiger partial charge in [0.25, 0.3) is 5.56 Å². The predicted molar refractivity (Wildman–Crippen MR) is 104 cm³/mol. The maximum absolute atomic E-state index is 12.5. The zero-order valence-electron chi connectivity index (χ0n) is 14.7. The van der Waals surface area contributed by atoms with Gasteiger partial charge in [0.05, 0.1) is 30.4 Å². The fourth-order valence-electron chi connectivity index (χ4n) is 3.22. The van der Waals surface area contributed by atoms with Crippen LogP contribution in [0.15, 0.2) is 40.9 Å². The SMILES string of the molecule is COCCn1cnc2cc(N3CCN(c4nccs4)CC3)ccc2c1=O. The first kappa shape index (κ1) is 17.0. The van der Waals surface area contributed by atoms with E-state index in [0.717, 1.165) is 42.5 Å². The lowest BCUT2D eigenvalue weighted by atomic mass is 10.2. The lowest BCUT2D eigenvalue weighted by Gasteiger charge is -2.36. The largest absolute Gasteiger partial charge is 0.383 e. The van der Waals surface area contributed by atoms with Crippen LogP contribution in [0.3, 0.4) is 0 Å². The Morgan fingerprint density at radius 3 is 2.69 bits per heavy atom. The van der Waals surface area contributed by atoms with Gasteiger partial charge in [-0.25, -0.2) is 9.97 Å². The number of thiazole rings is 1. The molecule has 2 aromatic heterocycles. The van der Waals surface area contributed by atoms with Crippen molar-refractivity contribution in [1.82, 2.24) is 14.5 Å². The Balaban J connectivity index is 1.52. The minimum Gasteiger partial charge on any atom is -0.383 e. The van der Waals surface area contributed by atoms with Crippen LogP contribution in [0.4, 0.5) is 10.8 Å². The van der Waals surface area contributed by atoms with E-state index in [1.807, 2.05) is 29.8 Å². The van der Waals surface area contributed by atoms with Crippen molar-refractivity contribution in [2.24, 2.45) is 0 Å².